The van der Waals surface area contributed by atoms with Gasteiger partial charge in [-0.15, -0.1) is 10.2 Å². The molecule has 27 heavy (non-hydrogen) atoms. The Labute approximate surface area is 158 Å². The zero-order valence-corrected chi connectivity index (χ0v) is 15.6. The number of benzene rings is 1. The molecule has 3 aromatic rings. The molecule has 1 fully saturated rings. The number of rotatable bonds is 8. The van der Waals surface area contributed by atoms with Crippen molar-refractivity contribution in [3.05, 3.63) is 36.7 Å². The summed E-state index contributed by atoms with van der Waals surface area (Å²) in [6, 6.07) is 9.91. The number of nitrogens with zero attached hydrogens (tertiary/aromatic N) is 4. The molecule has 1 saturated heterocycles. The van der Waals surface area contributed by atoms with Gasteiger partial charge in [0.05, 0.1) is 24.6 Å². The van der Waals surface area contributed by atoms with E-state index < -0.39 is 0 Å². The standard InChI is InChI=1S/C20H25N5O2/c1-26-16-9-7-15(8-10-16)18-13-19(20-23-22-14-25(20)24-18)21-11-3-2-5-17-6-4-12-27-17/h7-10,13-14,17,21H,2-6,11-12H2,1H3. The van der Waals surface area contributed by atoms with Crippen LogP contribution in [0.1, 0.15) is 32.1 Å². The lowest BCUT2D eigenvalue weighted by Crippen LogP contribution is -2.08. The van der Waals surface area contributed by atoms with Gasteiger partial charge in [0, 0.05) is 18.7 Å². The summed E-state index contributed by atoms with van der Waals surface area (Å²) in [7, 11) is 1.66. The molecule has 1 aliphatic rings. The summed E-state index contributed by atoms with van der Waals surface area (Å²) in [5.74, 6) is 0.828. The van der Waals surface area contributed by atoms with Crippen LogP contribution in [0.2, 0.25) is 0 Å². The largest absolute Gasteiger partial charge is 0.497 e. The number of ether oxygens (including phenoxy) is 2. The summed E-state index contributed by atoms with van der Waals surface area (Å²) in [6.45, 7) is 1.82. The molecule has 2 aromatic heterocycles. The number of fused-ring (bicyclic) bond motifs is 1. The van der Waals surface area contributed by atoms with Gasteiger partial charge >= 0.3 is 0 Å². The van der Waals surface area contributed by atoms with Crippen molar-refractivity contribution in [1.82, 2.24) is 19.8 Å². The number of hydrogen-bond acceptors (Lipinski definition) is 6. The predicted octanol–water partition coefficient (Wildman–Crippen LogP) is 3.56. The summed E-state index contributed by atoms with van der Waals surface area (Å²) in [6.07, 6.45) is 7.93. The number of unbranched alkanes of at least 4 members (excludes halogenated alkanes) is 1. The lowest BCUT2D eigenvalue weighted by Gasteiger charge is -2.11. The predicted molar refractivity (Wildman–Crippen MR) is 104 cm³/mol. The second-order valence-electron chi connectivity index (χ2n) is 6.83. The average Bonchev–Trinajstić information content (AvgIpc) is 3.39. The summed E-state index contributed by atoms with van der Waals surface area (Å²) in [5.41, 5.74) is 3.58. The maximum atomic E-state index is 5.69. The first-order valence-electron chi connectivity index (χ1n) is 9.54. The summed E-state index contributed by atoms with van der Waals surface area (Å²) >= 11 is 0. The molecule has 1 unspecified atom stereocenters. The smallest absolute Gasteiger partial charge is 0.200 e. The Bertz CT molecular complexity index is 872. The maximum absolute atomic E-state index is 5.69. The molecule has 7 nitrogen and oxygen atoms in total. The molecule has 0 radical (unpaired) electrons. The molecule has 0 aliphatic carbocycles. The van der Waals surface area contributed by atoms with Gasteiger partial charge in [0.2, 0.25) is 5.65 Å². The molecule has 142 valence electrons. The third-order valence-electron chi connectivity index (χ3n) is 4.95. The Morgan fingerprint density at radius 2 is 2.15 bits per heavy atom. The van der Waals surface area contributed by atoms with Crippen molar-refractivity contribution in [2.75, 3.05) is 25.6 Å². The van der Waals surface area contributed by atoms with E-state index in [1.54, 1.807) is 18.0 Å². The minimum Gasteiger partial charge on any atom is -0.497 e. The Kier molecular flexibility index (Phi) is 5.48. The fraction of sp³-hybridized carbons (Fsp3) is 0.450. The average molecular weight is 367 g/mol. The number of nitrogens with one attached hydrogen (secondary N) is 1. The molecule has 7 heteroatoms. The van der Waals surface area contributed by atoms with Gasteiger partial charge in [-0.3, -0.25) is 0 Å². The number of anilines is 1. The van der Waals surface area contributed by atoms with Crippen LogP contribution in [-0.2, 0) is 4.74 Å². The molecule has 1 atom stereocenters. The molecule has 1 aromatic carbocycles. The third-order valence-corrected chi connectivity index (χ3v) is 4.95. The van der Waals surface area contributed by atoms with Crippen LogP contribution in [0.25, 0.3) is 16.9 Å². The van der Waals surface area contributed by atoms with Crippen LogP contribution in [0.15, 0.2) is 36.7 Å². The van der Waals surface area contributed by atoms with E-state index in [1.807, 2.05) is 30.3 Å². The highest BCUT2D eigenvalue weighted by atomic mass is 16.5. The Morgan fingerprint density at radius 1 is 1.26 bits per heavy atom. The van der Waals surface area contributed by atoms with E-state index in [2.05, 4.69) is 20.6 Å². The third kappa shape index (κ3) is 4.19. The quantitative estimate of drug-likeness (QED) is 0.614. The molecule has 1 N–H and O–H groups in total. The second kappa shape index (κ2) is 8.35. The van der Waals surface area contributed by atoms with Crippen LogP contribution < -0.4 is 10.1 Å². The zero-order valence-electron chi connectivity index (χ0n) is 15.6. The van der Waals surface area contributed by atoms with Crippen molar-refractivity contribution in [3.8, 4) is 17.0 Å². The van der Waals surface area contributed by atoms with Crippen molar-refractivity contribution >= 4 is 11.3 Å². The van der Waals surface area contributed by atoms with Gasteiger partial charge in [0.25, 0.3) is 0 Å². The normalized spacial score (nSPS) is 16.7. The summed E-state index contributed by atoms with van der Waals surface area (Å²) in [5, 5.41) is 16.3. The highest BCUT2D eigenvalue weighted by Gasteiger charge is 2.14. The lowest BCUT2D eigenvalue weighted by molar-refractivity contribution is 0.102. The Balaban J connectivity index is 1.43. The zero-order chi connectivity index (χ0) is 18.5. The van der Waals surface area contributed by atoms with Crippen molar-refractivity contribution in [1.29, 1.82) is 0 Å². The monoisotopic (exact) mass is 367 g/mol. The van der Waals surface area contributed by atoms with Crippen LogP contribution >= 0.6 is 0 Å². The Morgan fingerprint density at radius 3 is 2.93 bits per heavy atom. The van der Waals surface area contributed by atoms with Gasteiger partial charge in [0.1, 0.15) is 12.1 Å². The van der Waals surface area contributed by atoms with Crippen molar-refractivity contribution in [3.63, 3.8) is 0 Å². The maximum Gasteiger partial charge on any atom is 0.200 e. The van der Waals surface area contributed by atoms with E-state index in [0.717, 1.165) is 60.8 Å². The van der Waals surface area contributed by atoms with Gasteiger partial charge in [-0.05, 0) is 62.4 Å². The highest BCUT2D eigenvalue weighted by molar-refractivity contribution is 5.73. The lowest BCUT2D eigenvalue weighted by atomic mass is 10.1. The number of methoxy groups -OCH3 is 1. The summed E-state index contributed by atoms with van der Waals surface area (Å²) in [4.78, 5) is 0. The van der Waals surface area contributed by atoms with E-state index in [0.29, 0.717) is 6.10 Å². The number of aromatic nitrogens is 4. The first kappa shape index (κ1) is 17.7. The van der Waals surface area contributed by atoms with Gasteiger partial charge in [0.15, 0.2) is 0 Å². The minimum atomic E-state index is 0.468. The number of hydrogen-bond donors (Lipinski definition) is 1. The van der Waals surface area contributed by atoms with Crippen molar-refractivity contribution in [2.45, 2.75) is 38.2 Å². The van der Waals surface area contributed by atoms with Gasteiger partial charge in [-0.1, -0.05) is 0 Å². The molecular weight excluding hydrogens is 342 g/mol. The molecule has 3 heterocycles. The van der Waals surface area contributed by atoms with Crippen LogP contribution in [0.3, 0.4) is 0 Å². The second-order valence-corrected chi connectivity index (χ2v) is 6.83. The Hall–Kier alpha value is -2.67. The van der Waals surface area contributed by atoms with Gasteiger partial charge in [-0.2, -0.15) is 9.61 Å². The highest BCUT2D eigenvalue weighted by Crippen LogP contribution is 2.25. The van der Waals surface area contributed by atoms with E-state index in [-0.39, 0.29) is 0 Å². The SMILES string of the molecule is COc1ccc(-c2cc(NCCCCC3CCCO3)c3nncn3n2)cc1. The topological polar surface area (TPSA) is 73.6 Å². The summed E-state index contributed by atoms with van der Waals surface area (Å²) < 4.78 is 12.6. The molecule has 1 aliphatic heterocycles. The molecule has 0 bridgehead atoms. The molecule has 0 saturated carbocycles. The van der Waals surface area contributed by atoms with E-state index in [9.17, 15) is 0 Å². The van der Waals surface area contributed by atoms with Gasteiger partial charge < -0.3 is 14.8 Å². The van der Waals surface area contributed by atoms with Gasteiger partial charge in [-0.25, -0.2) is 0 Å². The van der Waals surface area contributed by atoms with E-state index >= 15 is 0 Å². The first-order valence-corrected chi connectivity index (χ1v) is 9.54. The van der Waals surface area contributed by atoms with Crippen molar-refractivity contribution < 1.29 is 9.47 Å². The fourth-order valence-corrected chi connectivity index (χ4v) is 3.45. The van der Waals surface area contributed by atoms with Crippen LogP contribution in [0.5, 0.6) is 5.75 Å². The van der Waals surface area contributed by atoms with E-state index in [4.69, 9.17) is 9.47 Å². The van der Waals surface area contributed by atoms with Crippen molar-refractivity contribution in [2.24, 2.45) is 0 Å². The minimum absolute atomic E-state index is 0.468. The molecular formula is C20H25N5O2. The molecule has 0 amide bonds. The van der Waals surface area contributed by atoms with E-state index in [1.165, 1.54) is 12.8 Å². The fourth-order valence-electron chi connectivity index (χ4n) is 3.45. The first-order chi connectivity index (χ1) is 13.3. The van der Waals surface area contributed by atoms with Crippen LogP contribution in [0, 0.1) is 0 Å². The van der Waals surface area contributed by atoms with Crippen LogP contribution in [0.4, 0.5) is 5.69 Å². The van der Waals surface area contributed by atoms with Crippen LogP contribution in [-0.4, -0.2) is 46.2 Å². The molecule has 4 rings (SSSR count). The molecule has 0 spiro atoms.